The molecule has 10 radical (unpaired) electrons. The summed E-state index contributed by atoms with van der Waals surface area (Å²) in [4.78, 5) is 11.1. The molecule has 24 heavy (non-hydrogen) atoms. The Kier molecular flexibility index (Phi) is 11.2. The summed E-state index contributed by atoms with van der Waals surface area (Å²) < 4.78 is 16.5. The van der Waals surface area contributed by atoms with Gasteiger partial charge in [-0.2, -0.15) is 0 Å². The van der Waals surface area contributed by atoms with Crippen LogP contribution in [0.3, 0.4) is 0 Å². The average molecular weight is 373 g/mol. The second kappa shape index (κ2) is 12.3. The number of methoxy groups -OCH3 is 1. The van der Waals surface area contributed by atoms with Gasteiger partial charge in [0, 0.05) is 14.0 Å². The van der Waals surface area contributed by atoms with E-state index in [4.69, 9.17) is 14.2 Å². The van der Waals surface area contributed by atoms with E-state index in [9.17, 15) is 4.79 Å². The van der Waals surface area contributed by atoms with Gasteiger partial charge in [0.15, 0.2) is 6.29 Å². The minimum Gasteiger partial charge on any atom is -0.382 e. The zero-order valence-electron chi connectivity index (χ0n) is 13.9. The van der Waals surface area contributed by atoms with Crippen molar-refractivity contribution in [3.63, 3.8) is 0 Å². The van der Waals surface area contributed by atoms with E-state index in [1.165, 1.54) is 6.92 Å². The number of ether oxygens (including phenoxy) is 3. The van der Waals surface area contributed by atoms with Crippen molar-refractivity contribution < 1.29 is 36.1 Å². The summed E-state index contributed by atoms with van der Waals surface area (Å²) in [6.45, 7) is 2.66. The number of hydrogen-bond donors (Lipinski definition) is 1. The van der Waals surface area contributed by atoms with E-state index in [0.717, 1.165) is 18.4 Å². The third kappa shape index (κ3) is 7.40. The van der Waals surface area contributed by atoms with Gasteiger partial charge in [-0.1, -0.05) is 0 Å². The number of nitrogens with one attached hydrogen (secondary N) is 1. The summed E-state index contributed by atoms with van der Waals surface area (Å²) in [6.07, 6.45) is 16.0. The van der Waals surface area contributed by atoms with Gasteiger partial charge >= 0.3 is 17.1 Å². The molecular formula is C18H23FeNO4+2. The van der Waals surface area contributed by atoms with Crippen molar-refractivity contribution in [3.05, 3.63) is 63.3 Å². The average Bonchev–Trinajstić information content (AvgIpc) is 3.22. The molecule has 1 N–H and O–H groups in total. The molecule has 1 aliphatic heterocycles. The predicted molar refractivity (Wildman–Crippen MR) is 85.8 cm³/mol. The van der Waals surface area contributed by atoms with Crippen LogP contribution in [0.15, 0.2) is 0 Å². The Hall–Kier alpha value is -0.131. The molecule has 3 rings (SSSR count). The zero-order chi connectivity index (χ0) is 16.5. The monoisotopic (exact) mass is 373 g/mol. The van der Waals surface area contributed by atoms with Crippen LogP contribution in [0.25, 0.3) is 0 Å². The van der Waals surface area contributed by atoms with Crippen molar-refractivity contribution in [3.8, 4) is 0 Å². The van der Waals surface area contributed by atoms with E-state index in [0.29, 0.717) is 13.2 Å². The van der Waals surface area contributed by atoms with Crippen LogP contribution in [-0.2, 0) is 36.1 Å². The van der Waals surface area contributed by atoms with Gasteiger partial charge < -0.3 is 19.5 Å². The molecular weight excluding hydrogens is 350 g/mol. The molecule has 3 aliphatic rings. The fourth-order valence-electron chi connectivity index (χ4n) is 2.32. The maximum absolute atomic E-state index is 11.1. The number of amides is 1. The van der Waals surface area contributed by atoms with Gasteiger partial charge in [0.2, 0.25) is 5.91 Å². The molecule has 0 spiro atoms. The van der Waals surface area contributed by atoms with Crippen molar-refractivity contribution in [2.75, 3.05) is 20.3 Å². The standard InChI is InChI=1S/C13H18NO4.C5H5.Fe/c1-9(15)14-12-5-3-4-11(12)13-17-7-6-10(18-13)8-16-2;1-2-4-5-3-1;/h3-5,10,13H,6-8H2,1-2H3,(H,14,15);1-5H;/q;;+2/t10-,13-;;/m0../s1. The third-order valence-electron chi connectivity index (χ3n) is 3.35. The first-order chi connectivity index (χ1) is 11.2. The molecule has 0 aromatic carbocycles. The topological polar surface area (TPSA) is 56.8 Å². The number of carbonyl (C=O) groups excluding carboxylic acids is 1. The SMILES string of the molecule is COC[C@@H]1CCO[C@H]([C]2[CH][CH][CH][C]2NC(C)=O)O1.[CH]1[CH][CH][CH][CH]1.[Fe+2]. The molecule has 0 aromatic rings. The molecule has 1 saturated heterocycles. The van der Waals surface area contributed by atoms with Crippen LogP contribution in [0.2, 0.25) is 0 Å². The van der Waals surface area contributed by atoms with Crippen molar-refractivity contribution in [1.29, 1.82) is 0 Å². The van der Waals surface area contributed by atoms with Crippen LogP contribution < -0.4 is 5.32 Å². The van der Waals surface area contributed by atoms with Gasteiger partial charge in [0.05, 0.1) is 31.3 Å². The molecule has 0 bridgehead atoms. The molecule has 2 aliphatic carbocycles. The molecule has 2 saturated carbocycles. The molecule has 2 atom stereocenters. The summed E-state index contributed by atoms with van der Waals surface area (Å²) in [5, 5.41) is 2.77. The fraction of sp³-hybridized carbons (Fsp3) is 0.389. The maximum atomic E-state index is 11.1. The van der Waals surface area contributed by atoms with E-state index < -0.39 is 6.29 Å². The largest absolute Gasteiger partial charge is 2.00 e. The van der Waals surface area contributed by atoms with Crippen LogP contribution in [0, 0.1) is 63.3 Å². The Morgan fingerprint density at radius 3 is 2.46 bits per heavy atom. The van der Waals surface area contributed by atoms with Gasteiger partial charge in [-0.25, -0.2) is 0 Å². The van der Waals surface area contributed by atoms with E-state index >= 15 is 0 Å². The van der Waals surface area contributed by atoms with Crippen LogP contribution >= 0.6 is 0 Å². The van der Waals surface area contributed by atoms with Crippen LogP contribution in [-0.4, -0.2) is 38.6 Å². The van der Waals surface area contributed by atoms with Gasteiger partial charge in [0.25, 0.3) is 0 Å². The normalized spacial score (nSPS) is 27.9. The molecule has 3 fully saturated rings. The molecule has 1 heterocycles. The Morgan fingerprint density at radius 2 is 1.88 bits per heavy atom. The first kappa shape index (κ1) is 21.9. The second-order valence-electron chi connectivity index (χ2n) is 5.24. The number of carbonyl (C=O) groups is 1. The number of hydrogen-bond acceptors (Lipinski definition) is 4. The van der Waals surface area contributed by atoms with E-state index in [-0.39, 0.29) is 29.1 Å². The van der Waals surface area contributed by atoms with Gasteiger partial charge in [-0.05, 0) is 57.8 Å². The number of rotatable bonds is 4. The van der Waals surface area contributed by atoms with Crippen LogP contribution in [0.4, 0.5) is 0 Å². The fourth-order valence-corrected chi connectivity index (χ4v) is 2.32. The second-order valence-corrected chi connectivity index (χ2v) is 5.24. The molecule has 6 heteroatoms. The molecule has 0 aromatic heterocycles. The third-order valence-corrected chi connectivity index (χ3v) is 3.35. The minimum atomic E-state index is -0.434. The molecule has 130 valence electrons. The zero-order valence-corrected chi connectivity index (χ0v) is 15.0. The summed E-state index contributed by atoms with van der Waals surface area (Å²) in [6, 6.07) is 0.741. The van der Waals surface area contributed by atoms with E-state index in [1.807, 2.05) is 51.4 Å². The van der Waals surface area contributed by atoms with Crippen molar-refractivity contribution in [2.45, 2.75) is 25.7 Å². The van der Waals surface area contributed by atoms with Crippen molar-refractivity contribution in [2.24, 2.45) is 0 Å². The Labute approximate surface area is 157 Å². The Bertz CT molecular complexity index is 342. The van der Waals surface area contributed by atoms with Gasteiger partial charge in [0.1, 0.15) is 0 Å². The van der Waals surface area contributed by atoms with E-state index in [2.05, 4.69) is 5.32 Å². The maximum Gasteiger partial charge on any atom is 2.00 e. The van der Waals surface area contributed by atoms with E-state index in [1.54, 1.807) is 7.11 Å². The first-order valence-corrected chi connectivity index (χ1v) is 7.66. The van der Waals surface area contributed by atoms with Crippen molar-refractivity contribution in [1.82, 2.24) is 5.32 Å². The predicted octanol–water partition coefficient (Wildman–Crippen LogP) is 1.65. The quantitative estimate of drug-likeness (QED) is 0.762. The minimum absolute atomic E-state index is 0. The summed E-state index contributed by atoms with van der Waals surface area (Å²) in [5.74, 6) is 0.748. The smallest absolute Gasteiger partial charge is 0.382 e. The van der Waals surface area contributed by atoms with Crippen molar-refractivity contribution >= 4 is 5.91 Å². The molecule has 1 amide bonds. The summed E-state index contributed by atoms with van der Waals surface area (Å²) >= 11 is 0. The molecule has 0 unspecified atom stereocenters. The molecule has 5 nitrogen and oxygen atoms in total. The van der Waals surface area contributed by atoms with Crippen LogP contribution in [0.5, 0.6) is 0 Å². The van der Waals surface area contributed by atoms with Gasteiger partial charge in [-0.3, -0.25) is 4.79 Å². The van der Waals surface area contributed by atoms with Gasteiger partial charge in [-0.15, -0.1) is 0 Å². The Balaban J connectivity index is 0.000000412. The summed E-state index contributed by atoms with van der Waals surface area (Å²) in [7, 11) is 1.65. The Morgan fingerprint density at radius 1 is 1.21 bits per heavy atom. The summed E-state index contributed by atoms with van der Waals surface area (Å²) in [5.41, 5.74) is 0. The first-order valence-electron chi connectivity index (χ1n) is 7.66. The van der Waals surface area contributed by atoms with Crippen LogP contribution in [0.1, 0.15) is 13.3 Å².